The average molecular weight is 405 g/mol. The van der Waals surface area contributed by atoms with Crippen LogP contribution in [0.5, 0.6) is 17.2 Å². The number of hydrogen-bond donors (Lipinski definition) is 1. The number of hydrogen-bond acceptors (Lipinski definition) is 4. The molecule has 0 aromatic heterocycles. The Balaban J connectivity index is 1.63. The van der Waals surface area contributed by atoms with Crippen molar-refractivity contribution in [2.45, 2.75) is 19.4 Å². The van der Waals surface area contributed by atoms with Crippen LogP contribution in [0.3, 0.4) is 0 Å². The molecule has 0 radical (unpaired) electrons. The molecule has 3 rings (SSSR count). The Labute approximate surface area is 177 Å². The lowest BCUT2D eigenvalue weighted by Crippen LogP contribution is -2.25. The van der Waals surface area contributed by atoms with Gasteiger partial charge in [0.2, 0.25) is 5.75 Å². The van der Waals surface area contributed by atoms with Crippen molar-refractivity contribution in [2.24, 2.45) is 0 Å². The summed E-state index contributed by atoms with van der Waals surface area (Å²) in [4.78, 5) is 12.6. The van der Waals surface area contributed by atoms with Crippen molar-refractivity contribution >= 4 is 5.91 Å². The monoisotopic (exact) mass is 405 g/mol. The summed E-state index contributed by atoms with van der Waals surface area (Å²) in [5, 5.41) is 2.96. The van der Waals surface area contributed by atoms with Crippen molar-refractivity contribution in [3.8, 4) is 17.2 Å². The van der Waals surface area contributed by atoms with Crippen LogP contribution >= 0.6 is 0 Å². The molecule has 0 heterocycles. The molecule has 0 saturated carbocycles. The van der Waals surface area contributed by atoms with Crippen LogP contribution in [-0.4, -0.2) is 26.7 Å². The van der Waals surface area contributed by atoms with Gasteiger partial charge in [-0.2, -0.15) is 0 Å². The van der Waals surface area contributed by atoms with E-state index in [1.54, 1.807) is 26.4 Å². The van der Waals surface area contributed by atoms with Gasteiger partial charge in [0.1, 0.15) is 6.61 Å². The van der Waals surface area contributed by atoms with E-state index in [1.165, 1.54) is 5.56 Å². The molecule has 3 aromatic carbocycles. The summed E-state index contributed by atoms with van der Waals surface area (Å²) in [6.07, 6.45) is 1.78. The van der Waals surface area contributed by atoms with Crippen LogP contribution in [0.15, 0.2) is 72.8 Å². The molecule has 0 bridgehead atoms. The van der Waals surface area contributed by atoms with Crippen molar-refractivity contribution < 1.29 is 19.0 Å². The van der Waals surface area contributed by atoms with Gasteiger partial charge in [0, 0.05) is 12.1 Å². The fourth-order valence-corrected chi connectivity index (χ4v) is 3.12. The molecule has 1 amide bonds. The van der Waals surface area contributed by atoms with Crippen LogP contribution < -0.4 is 19.5 Å². The zero-order valence-electron chi connectivity index (χ0n) is 17.4. The molecule has 30 heavy (non-hydrogen) atoms. The normalized spacial score (nSPS) is 10.3. The fraction of sp³-hybridized carbons (Fsp3) is 0.240. The number of carbonyl (C=O) groups excluding carboxylic acids is 1. The molecule has 0 aliphatic rings. The van der Waals surface area contributed by atoms with Gasteiger partial charge >= 0.3 is 0 Å². The average Bonchev–Trinajstić information content (AvgIpc) is 2.81. The van der Waals surface area contributed by atoms with E-state index in [4.69, 9.17) is 14.2 Å². The zero-order valence-corrected chi connectivity index (χ0v) is 17.4. The van der Waals surface area contributed by atoms with E-state index in [9.17, 15) is 4.79 Å². The van der Waals surface area contributed by atoms with Gasteiger partial charge in [-0.1, -0.05) is 60.7 Å². The third kappa shape index (κ3) is 5.77. The molecular weight excluding hydrogens is 378 g/mol. The van der Waals surface area contributed by atoms with E-state index >= 15 is 0 Å². The van der Waals surface area contributed by atoms with Gasteiger partial charge < -0.3 is 19.5 Å². The number of benzene rings is 3. The van der Waals surface area contributed by atoms with Gasteiger partial charge in [-0.05, 0) is 36.1 Å². The molecule has 0 saturated heterocycles. The van der Waals surface area contributed by atoms with E-state index in [-0.39, 0.29) is 5.91 Å². The maximum Gasteiger partial charge on any atom is 0.251 e. The zero-order chi connectivity index (χ0) is 21.2. The molecule has 0 spiro atoms. The van der Waals surface area contributed by atoms with Gasteiger partial charge in [0.05, 0.1) is 14.2 Å². The minimum Gasteiger partial charge on any atom is -0.493 e. The predicted octanol–water partition coefficient (Wildman–Crippen LogP) is 4.65. The standard InChI is InChI=1S/C25H27NO4/c1-28-22-16-21(25(27)26-15-9-14-19-10-5-3-6-11-19)17-23(29-2)24(22)30-18-20-12-7-4-8-13-20/h3-8,10-13,16-17H,9,14-15,18H2,1-2H3,(H,26,27). The lowest BCUT2D eigenvalue weighted by Gasteiger charge is -2.16. The van der Waals surface area contributed by atoms with Crippen LogP contribution in [0, 0.1) is 0 Å². The lowest BCUT2D eigenvalue weighted by molar-refractivity contribution is 0.0952. The molecule has 0 aliphatic heterocycles. The van der Waals surface area contributed by atoms with Crippen LogP contribution in [0.2, 0.25) is 0 Å². The van der Waals surface area contributed by atoms with Crippen LogP contribution in [0.1, 0.15) is 27.9 Å². The van der Waals surface area contributed by atoms with E-state index < -0.39 is 0 Å². The van der Waals surface area contributed by atoms with Crippen molar-refractivity contribution in [1.82, 2.24) is 5.32 Å². The molecule has 0 aliphatic carbocycles. The van der Waals surface area contributed by atoms with Crippen LogP contribution in [-0.2, 0) is 13.0 Å². The Kier molecular flexibility index (Phi) is 7.72. The number of rotatable bonds is 10. The highest BCUT2D eigenvalue weighted by molar-refractivity contribution is 5.95. The highest BCUT2D eigenvalue weighted by Gasteiger charge is 2.17. The largest absolute Gasteiger partial charge is 0.493 e. The van der Waals surface area contributed by atoms with Gasteiger partial charge in [0.25, 0.3) is 5.91 Å². The van der Waals surface area contributed by atoms with Crippen molar-refractivity contribution in [3.05, 3.63) is 89.5 Å². The van der Waals surface area contributed by atoms with Crippen LogP contribution in [0.4, 0.5) is 0 Å². The fourth-order valence-electron chi connectivity index (χ4n) is 3.12. The first-order valence-corrected chi connectivity index (χ1v) is 9.96. The molecule has 156 valence electrons. The molecule has 1 N–H and O–H groups in total. The van der Waals surface area contributed by atoms with Crippen molar-refractivity contribution in [2.75, 3.05) is 20.8 Å². The van der Waals surface area contributed by atoms with E-state index in [0.29, 0.717) is 36.0 Å². The topological polar surface area (TPSA) is 56.8 Å². The quantitative estimate of drug-likeness (QED) is 0.499. The summed E-state index contributed by atoms with van der Waals surface area (Å²) in [5.41, 5.74) is 2.76. The Bertz CT molecular complexity index is 917. The van der Waals surface area contributed by atoms with Gasteiger partial charge in [-0.3, -0.25) is 4.79 Å². The molecule has 5 heteroatoms. The minimum absolute atomic E-state index is 0.172. The lowest BCUT2D eigenvalue weighted by atomic mass is 10.1. The van der Waals surface area contributed by atoms with Gasteiger partial charge in [-0.25, -0.2) is 0 Å². The molecule has 0 atom stereocenters. The van der Waals surface area contributed by atoms with Crippen molar-refractivity contribution in [3.63, 3.8) is 0 Å². The second-order valence-corrected chi connectivity index (χ2v) is 6.83. The number of amides is 1. The first kappa shape index (κ1) is 21.2. The van der Waals surface area contributed by atoms with E-state index in [1.807, 2.05) is 48.5 Å². The molecule has 0 unspecified atom stereocenters. The Morgan fingerprint density at radius 2 is 1.40 bits per heavy atom. The maximum absolute atomic E-state index is 12.6. The number of methoxy groups -OCH3 is 2. The number of aryl methyl sites for hydroxylation is 1. The third-order valence-electron chi connectivity index (χ3n) is 4.72. The number of ether oxygens (including phenoxy) is 3. The van der Waals surface area contributed by atoms with Crippen LogP contribution in [0.25, 0.3) is 0 Å². The molecule has 0 fully saturated rings. The number of nitrogens with one attached hydrogen (secondary N) is 1. The van der Waals surface area contributed by atoms with Gasteiger partial charge in [-0.15, -0.1) is 0 Å². The summed E-state index contributed by atoms with van der Waals surface area (Å²) in [7, 11) is 3.09. The highest BCUT2D eigenvalue weighted by atomic mass is 16.5. The van der Waals surface area contributed by atoms with E-state index in [2.05, 4.69) is 17.4 Å². The first-order valence-electron chi connectivity index (χ1n) is 9.96. The smallest absolute Gasteiger partial charge is 0.251 e. The maximum atomic E-state index is 12.6. The summed E-state index contributed by atoms with van der Waals surface area (Å²) in [6, 6.07) is 23.4. The Morgan fingerprint density at radius 1 is 0.833 bits per heavy atom. The first-order chi connectivity index (χ1) is 14.7. The highest BCUT2D eigenvalue weighted by Crippen LogP contribution is 2.39. The third-order valence-corrected chi connectivity index (χ3v) is 4.72. The second-order valence-electron chi connectivity index (χ2n) is 6.83. The SMILES string of the molecule is COc1cc(C(=O)NCCCc2ccccc2)cc(OC)c1OCc1ccccc1. The van der Waals surface area contributed by atoms with Gasteiger partial charge in [0.15, 0.2) is 11.5 Å². The Hall–Kier alpha value is -3.47. The summed E-state index contributed by atoms with van der Waals surface area (Å²) in [5.74, 6) is 1.22. The minimum atomic E-state index is -0.172. The molecule has 3 aromatic rings. The van der Waals surface area contributed by atoms with E-state index in [0.717, 1.165) is 18.4 Å². The van der Waals surface area contributed by atoms with Crippen molar-refractivity contribution in [1.29, 1.82) is 0 Å². The summed E-state index contributed by atoms with van der Waals surface area (Å²) < 4.78 is 16.9. The number of carbonyl (C=O) groups is 1. The molecular formula is C25H27NO4. The Morgan fingerprint density at radius 3 is 1.97 bits per heavy atom. The predicted molar refractivity (Wildman–Crippen MR) is 117 cm³/mol. The second kappa shape index (κ2) is 10.9. The summed E-state index contributed by atoms with van der Waals surface area (Å²) >= 11 is 0. The summed E-state index contributed by atoms with van der Waals surface area (Å²) in [6.45, 7) is 0.962. The molecule has 5 nitrogen and oxygen atoms in total.